The molecule has 1 saturated carbocycles. The van der Waals surface area contributed by atoms with Crippen LogP contribution in [-0.4, -0.2) is 16.7 Å². The Morgan fingerprint density at radius 3 is 2.80 bits per heavy atom. The molecule has 0 unspecified atom stereocenters. The molecule has 3 rings (SSSR count). The van der Waals surface area contributed by atoms with Crippen molar-refractivity contribution in [2.24, 2.45) is 0 Å². The first-order valence-electron chi connectivity index (χ1n) is 6.99. The predicted octanol–water partition coefficient (Wildman–Crippen LogP) is 3.49. The van der Waals surface area contributed by atoms with Crippen molar-refractivity contribution in [2.75, 3.05) is 12.3 Å². The van der Waals surface area contributed by atoms with E-state index in [0.717, 1.165) is 41.1 Å². The number of aryl methyl sites for hydroxylation is 1. The third-order valence-corrected chi connectivity index (χ3v) is 4.85. The molecule has 1 fully saturated rings. The summed E-state index contributed by atoms with van der Waals surface area (Å²) >= 11 is 1.48. The van der Waals surface area contributed by atoms with Crippen molar-refractivity contribution in [3.8, 4) is 10.8 Å². The van der Waals surface area contributed by atoms with Crippen molar-refractivity contribution in [2.45, 2.75) is 45.1 Å². The lowest BCUT2D eigenvalue weighted by atomic mass is 10.0. The minimum absolute atomic E-state index is 0.354. The highest BCUT2D eigenvalue weighted by Crippen LogP contribution is 2.42. The van der Waals surface area contributed by atoms with Crippen molar-refractivity contribution in [3.63, 3.8) is 0 Å². The van der Waals surface area contributed by atoms with E-state index in [1.165, 1.54) is 11.3 Å². The summed E-state index contributed by atoms with van der Waals surface area (Å²) in [6.07, 6.45) is 4.22. The number of nitrogens with zero attached hydrogens (tertiary/aromatic N) is 2. The Morgan fingerprint density at radius 1 is 1.45 bits per heavy atom. The van der Waals surface area contributed by atoms with Gasteiger partial charge in [-0.25, -0.2) is 0 Å². The molecule has 6 heteroatoms. The first-order valence-corrected chi connectivity index (χ1v) is 7.81. The number of ether oxygens (including phenoxy) is 1. The molecule has 1 aliphatic carbocycles. The number of hydrogen-bond donors (Lipinski definition) is 1. The number of nitrogen functional groups attached to an aromatic ring is 1. The molecule has 2 heterocycles. The molecule has 2 N–H and O–H groups in total. The molecule has 108 valence electrons. The SMILES string of the molecule is CCOC1(c2noc(-c3sc(N)cc3C)n2)CCCC1. The van der Waals surface area contributed by atoms with Crippen LogP contribution in [0.25, 0.3) is 10.8 Å². The Labute approximate surface area is 122 Å². The van der Waals surface area contributed by atoms with E-state index in [1.54, 1.807) is 0 Å². The van der Waals surface area contributed by atoms with E-state index in [2.05, 4.69) is 10.1 Å². The van der Waals surface area contributed by atoms with E-state index in [0.29, 0.717) is 18.3 Å². The molecule has 2 aromatic rings. The van der Waals surface area contributed by atoms with Gasteiger partial charge in [0.05, 0.1) is 9.88 Å². The van der Waals surface area contributed by atoms with Gasteiger partial charge in [0.25, 0.3) is 5.89 Å². The summed E-state index contributed by atoms with van der Waals surface area (Å²) in [5, 5.41) is 4.93. The second-order valence-electron chi connectivity index (χ2n) is 5.22. The van der Waals surface area contributed by atoms with Crippen LogP contribution < -0.4 is 5.73 Å². The van der Waals surface area contributed by atoms with Gasteiger partial charge >= 0.3 is 0 Å². The van der Waals surface area contributed by atoms with Crippen LogP contribution in [0, 0.1) is 6.92 Å². The highest BCUT2D eigenvalue weighted by Gasteiger charge is 2.41. The van der Waals surface area contributed by atoms with Crippen LogP contribution in [0.2, 0.25) is 0 Å². The molecule has 0 amide bonds. The zero-order chi connectivity index (χ0) is 14.2. The quantitative estimate of drug-likeness (QED) is 0.934. The normalized spacial score (nSPS) is 17.7. The fourth-order valence-electron chi connectivity index (χ4n) is 2.87. The Balaban J connectivity index is 1.95. The smallest absolute Gasteiger partial charge is 0.268 e. The van der Waals surface area contributed by atoms with Gasteiger partial charge in [0, 0.05) is 6.61 Å². The van der Waals surface area contributed by atoms with Gasteiger partial charge in [-0.1, -0.05) is 5.16 Å². The Kier molecular flexibility index (Phi) is 3.52. The van der Waals surface area contributed by atoms with Crippen molar-refractivity contribution in [1.82, 2.24) is 10.1 Å². The molecule has 0 aromatic carbocycles. The van der Waals surface area contributed by atoms with Crippen LogP contribution in [0.3, 0.4) is 0 Å². The average Bonchev–Trinajstić information content (AvgIpc) is 3.09. The number of aromatic nitrogens is 2. The van der Waals surface area contributed by atoms with Crippen LogP contribution in [0.15, 0.2) is 10.6 Å². The summed E-state index contributed by atoms with van der Waals surface area (Å²) in [7, 11) is 0. The molecule has 0 radical (unpaired) electrons. The predicted molar refractivity (Wildman–Crippen MR) is 78.5 cm³/mol. The number of anilines is 1. The standard InChI is InChI=1S/C14H19N3O2S/c1-3-18-14(6-4-5-7-14)13-16-12(19-17-13)11-9(2)8-10(15)20-11/h8H,3-7,15H2,1-2H3. The van der Waals surface area contributed by atoms with Gasteiger partial charge in [-0.3, -0.25) is 0 Å². The zero-order valence-electron chi connectivity index (χ0n) is 11.8. The zero-order valence-corrected chi connectivity index (χ0v) is 12.6. The van der Waals surface area contributed by atoms with Gasteiger partial charge < -0.3 is 15.0 Å². The van der Waals surface area contributed by atoms with Gasteiger partial charge in [0.2, 0.25) is 5.82 Å². The maximum absolute atomic E-state index is 5.95. The summed E-state index contributed by atoms with van der Waals surface area (Å²) in [4.78, 5) is 5.53. The summed E-state index contributed by atoms with van der Waals surface area (Å²) in [5.74, 6) is 1.23. The molecule has 20 heavy (non-hydrogen) atoms. The van der Waals surface area contributed by atoms with Gasteiger partial charge in [0.15, 0.2) is 0 Å². The molecular formula is C14H19N3O2S. The fraction of sp³-hybridized carbons (Fsp3) is 0.571. The van der Waals surface area contributed by atoms with E-state index in [9.17, 15) is 0 Å². The lowest BCUT2D eigenvalue weighted by molar-refractivity contribution is -0.0469. The summed E-state index contributed by atoms with van der Waals surface area (Å²) in [6.45, 7) is 4.67. The second-order valence-corrected chi connectivity index (χ2v) is 6.30. The fourth-order valence-corrected chi connectivity index (χ4v) is 3.74. The first kappa shape index (κ1) is 13.6. The third kappa shape index (κ3) is 2.23. The largest absolute Gasteiger partial charge is 0.391 e. The first-order chi connectivity index (χ1) is 9.64. The molecule has 0 aliphatic heterocycles. The topological polar surface area (TPSA) is 74.2 Å². The van der Waals surface area contributed by atoms with Crippen LogP contribution in [0.1, 0.15) is 44.0 Å². The highest BCUT2D eigenvalue weighted by molar-refractivity contribution is 7.19. The molecular weight excluding hydrogens is 274 g/mol. The van der Waals surface area contributed by atoms with E-state index < -0.39 is 0 Å². The van der Waals surface area contributed by atoms with Gasteiger partial charge in [-0.05, 0) is 51.2 Å². The Hall–Kier alpha value is -1.40. The summed E-state index contributed by atoms with van der Waals surface area (Å²) in [6, 6.07) is 1.93. The highest BCUT2D eigenvalue weighted by atomic mass is 32.1. The van der Waals surface area contributed by atoms with Gasteiger partial charge in [0.1, 0.15) is 5.60 Å². The molecule has 0 spiro atoms. The molecule has 2 aromatic heterocycles. The van der Waals surface area contributed by atoms with Crippen molar-refractivity contribution >= 4 is 16.3 Å². The van der Waals surface area contributed by atoms with Crippen molar-refractivity contribution < 1.29 is 9.26 Å². The van der Waals surface area contributed by atoms with E-state index in [1.807, 2.05) is 19.9 Å². The van der Waals surface area contributed by atoms with E-state index >= 15 is 0 Å². The van der Waals surface area contributed by atoms with Gasteiger partial charge in [-0.15, -0.1) is 11.3 Å². The third-order valence-electron chi connectivity index (χ3n) is 3.80. The summed E-state index contributed by atoms with van der Waals surface area (Å²) < 4.78 is 11.4. The second kappa shape index (κ2) is 5.18. The average molecular weight is 293 g/mol. The monoisotopic (exact) mass is 293 g/mol. The molecule has 0 atom stereocenters. The van der Waals surface area contributed by atoms with Crippen LogP contribution in [0.4, 0.5) is 5.00 Å². The van der Waals surface area contributed by atoms with E-state index in [4.69, 9.17) is 15.0 Å². The minimum Gasteiger partial charge on any atom is -0.391 e. The van der Waals surface area contributed by atoms with E-state index in [-0.39, 0.29) is 5.60 Å². The van der Waals surface area contributed by atoms with Crippen molar-refractivity contribution in [1.29, 1.82) is 0 Å². The number of rotatable bonds is 4. The maximum atomic E-state index is 5.95. The minimum atomic E-state index is -0.354. The Morgan fingerprint density at radius 2 is 2.20 bits per heavy atom. The van der Waals surface area contributed by atoms with Gasteiger partial charge in [-0.2, -0.15) is 4.98 Å². The molecule has 0 saturated heterocycles. The van der Waals surface area contributed by atoms with Crippen molar-refractivity contribution in [3.05, 3.63) is 17.5 Å². The number of thiophene rings is 1. The van der Waals surface area contributed by atoms with Crippen LogP contribution >= 0.6 is 11.3 Å². The maximum Gasteiger partial charge on any atom is 0.268 e. The molecule has 0 bridgehead atoms. The van der Waals surface area contributed by atoms with Crippen LogP contribution in [0.5, 0.6) is 0 Å². The number of hydrogen-bond acceptors (Lipinski definition) is 6. The molecule has 1 aliphatic rings. The van der Waals surface area contributed by atoms with Crippen LogP contribution in [-0.2, 0) is 10.3 Å². The lowest BCUT2D eigenvalue weighted by Crippen LogP contribution is -2.27. The molecule has 5 nitrogen and oxygen atoms in total. The lowest BCUT2D eigenvalue weighted by Gasteiger charge is -2.24. The Bertz CT molecular complexity index is 599. The summed E-state index contributed by atoms with van der Waals surface area (Å²) in [5.41, 5.74) is 6.54. The number of nitrogens with two attached hydrogens (primary N) is 1.